The molecule has 1 aliphatic carbocycles. The molecule has 24 heteroatoms. The van der Waals surface area contributed by atoms with Gasteiger partial charge in [0, 0.05) is 32.1 Å². The van der Waals surface area contributed by atoms with E-state index < -0.39 is 171 Å². The lowest BCUT2D eigenvalue weighted by molar-refractivity contribution is -0.227. The van der Waals surface area contributed by atoms with Gasteiger partial charge in [0.2, 0.25) is 0 Å². The molecule has 0 amide bonds. The number of hydrogen-bond donors (Lipinski definition) is 22. The van der Waals surface area contributed by atoms with Gasteiger partial charge in [-0.15, -0.1) is 0 Å². The molecule has 3 rings (SSSR count). The van der Waals surface area contributed by atoms with Gasteiger partial charge in [-0.2, -0.15) is 0 Å². The Labute approximate surface area is 612 Å². The van der Waals surface area contributed by atoms with E-state index in [0.717, 1.165) is 18.4 Å². The minimum atomic E-state index is -1.81. The predicted molar refractivity (Wildman–Crippen MR) is 393 cm³/mol. The first kappa shape index (κ1) is 93.9. The molecule has 2 aliphatic heterocycles. The van der Waals surface area contributed by atoms with Crippen molar-refractivity contribution in [2.24, 2.45) is 35.5 Å². The zero-order valence-electron chi connectivity index (χ0n) is 61.9. The average Bonchev–Trinajstić information content (AvgIpc) is 0.814. The summed E-state index contributed by atoms with van der Waals surface area (Å²) in [6, 6.07) is 0. The Hall–Kier alpha value is -3.30. The van der Waals surface area contributed by atoms with E-state index in [1.54, 1.807) is 26.0 Å². The monoisotopic (exact) mass is 1470 g/mol. The molecule has 0 aromatic carbocycles. The van der Waals surface area contributed by atoms with E-state index in [-0.39, 0.29) is 106 Å². The van der Waals surface area contributed by atoms with Gasteiger partial charge < -0.3 is 122 Å². The van der Waals surface area contributed by atoms with E-state index in [1.165, 1.54) is 12.2 Å². The first-order valence-corrected chi connectivity index (χ1v) is 37.7. The second-order valence-corrected chi connectivity index (χ2v) is 30.8. The van der Waals surface area contributed by atoms with Crippen LogP contribution in [0, 0.1) is 35.5 Å². The second-order valence-electron chi connectivity index (χ2n) is 30.8. The SMILES string of the molecule is C=CC=CCCC=CC=CC=CCCC=CC(O)C(O)C1CC(O)CC(C(O)C(O)C(=C)CCC(O)C2CC(O)C(O)C(C(O)C(O)C=C(C)CCC(O)CC(O)C(O)C(C)CC(O)CC(C)CC(O)CC(C)C=C(C)CC(O)CC(C)CC(O)C3CC(O)C(O)C(CC(O)CC(O)CO)C3)O2)O1. The van der Waals surface area contributed by atoms with Crippen LogP contribution in [0.4, 0.5) is 0 Å². The van der Waals surface area contributed by atoms with E-state index >= 15 is 0 Å². The van der Waals surface area contributed by atoms with Crippen LogP contribution in [0.25, 0.3) is 0 Å². The van der Waals surface area contributed by atoms with Crippen LogP contribution in [0.2, 0.25) is 0 Å². The lowest BCUT2D eigenvalue weighted by Gasteiger charge is -2.42. The Bertz CT molecular complexity index is 2540. The molecule has 103 heavy (non-hydrogen) atoms. The number of aliphatic hydroxyl groups is 22. The first-order valence-electron chi connectivity index (χ1n) is 37.7. The Balaban J connectivity index is 1.38. The molecule has 0 bridgehead atoms. The summed E-state index contributed by atoms with van der Waals surface area (Å²) in [5, 5.41) is 237. The highest BCUT2D eigenvalue weighted by Gasteiger charge is 2.46. The molecule has 3 fully saturated rings. The van der Waals surface area contributed by atoms with E-state index in [9.17, 15) is 107 Å². The van der Waals surface area contributed by atoms with Gasteiger partial charge in [0.15, 0.2) is 0 Å². The van der Waals surface area contributed by atoms with Gasteiger partial charge in [0.1, 0.15) is 48.8 Å². The summed E-state index contributed by atoms with van der Waals surface area (Å²) in [6.07, 6.45) is -1.78. The molecule has 24 nitrogen and oxygen atoms in total. The van der Waals surface area contributed by atoms with E-state index in [4.69, 9.17) is 14.6 Å². The van der Waals surface area contributed by atoms with Gasteiger partial charge in [0.05, 0.1) is 110 Å². The van der Waals surface area contributed by atoms with Gasteiger partial charge >= 0.3 is 0 Å². The highest BCUT2D eigenvalue weighted by atomic mass is 16.5. The minimum absolute atomic E-state index is 0.0358. The Morgan fingerprint density at radius 3 is 1.68 bits per heavy atom. The smallest absolute Gasteiger partial charge is 0.115 e. The summed E-state index contributed by atoms with van der Waals surface area (Å²) in [5.41, 5.74) is 1.50. The lowest BCUT2D eigenvalue weighted by Crippen LogP contribution is -2.57. The first-order chi connectivity index (χ1) is 48.5. The summed E-state index contributed by atoms with van der Waals surface area (Å²) in [4.78, 5) is 0. The van der Waals surface area contributed by atoms with Gasteiger partial charge in [-0.25, -0.2) is 0 Å². The molecular weight excluding hydrogens is 1330 g/mol. The second kappa shape index (κ2) is 49.7. The normalized spacial score (nSPS) is 29.5. The van der Waals surface area contributed by atoms with E-state index in [1.807, 2.05) is 76.3 Å². The van der Waals surface area contributed by atoms with Crippen LogP contribution in [0.1, 0.15) is 189 Å². The van der Waals surface area contributed by atoms with Crippen molar-refractivity contribution in [3.8, 4) is 0 Å². The summed E-state index contributed by atoms with van der Waals surface area (Å²) in [6.45, 7) is 18.0. The van der Waals surface area contributed by atoms with Crippen LogP contribution in [-0.4, -0.2) is 272 Å². The van der Waals surface area contributed by atoms with Crippen LogP contribution in [0.5, 0.6) is 0 Å². The molecular formula is C79H136O24. The van der Waals surface area contributed by atoms with Gasteiger partial charge in [-0.1, -0.05) is 131 Å². The molecule has 0 spiro atoms. The topological polar surface area (TPSA) is 464 Å². The molecule has 0 aromatic rings. The summed E-state index contributed by atoms with van der Waals surface area (Å²) < 4.78 is 11.8. The average molecular weight is 1470 g/mol. The number of aliphatic hydroxyl groups excluding tert-OH is 22. The third-order valence-corrected chi connectivity index (χ3v) is 20.6. The highest BCUT2D eigenvalue weighted by Crippen LogP contribution is 2.38. The van der Waals surface area contributed by atoms with Crippen molar-refractivity contribution >= 4 is 0 Å². The Kier molecular flexibility index (Phi) is 45.3. The molecule has 2 heterocycles. The van der Waals surface area contributed by atoms with Crippen molar-refractivity contribution in [1.82, 2.24) is 0 Å². The van der Waals surface area contributed by atoms with Gasteiger partial charge in [-0.05, 0) is 171 Å². The van der Waals surface area contributed by atoms with Crippen LogP contribution < -0.4 is 0 Å². The highest BCUT2D eigenvalue weighted by molar-refractivity contribution is 5.13. The molecule has 1 saturated carbocycles. The van der Waals surface area contributed by atoms with Gasteiger partial charge in [0.25, 0.3) is 0 Å². The van der Waals surface area contributed by atoms with Crippen molar-refractivity contribution in [3.05, 3.63) is 109 Å². The van der Waals surface area contributed by atoms with Crippen molar-refractivity contribution < 1.29 is 122 Å². The molecule has 2 saturated heterocycles. The molecule has 0 radical (unpaired) electrons. The maximum atomic E-state index is 11.2. The van der Waals surface area contributed by atoms with E-state index in [0.29, 0.717) is 63.4 Å². The fourth-order valence-electron chi connectivity index (χ4n) is 14.8. The third-order valence-electron chi connectivity index (χ3n) is 20.6. The summed E-state index contributed by atoms with van der Waals surface area (Å²) >= 11 is 0. The van der Waals surface area contributed by atoms with Crippen LogP contribution >= 0.6 is 0 Å². The lowest BCUT2D eigenvalue weighted by atomic mass is 9.72. The summed E-state index contributed by atoms with van der Waals surface area (Å²) in [7, 11) is 0. The molecule has 31 atom stereocenters. The molecule has 596 valence electrons. The fraction of sp³-hybridized carbons (Fsp3) is 0.772. The number of ether oxygens (including phenoxy) is 2. The number of unbranched alkanes of at least 4 members (excludes halogenated alkanes) is 2. The standard InChI is InChI=1S/C79H136O24/c1-9-10-11-12-13-14-15-16-17-18-19-20-21-22-23-63(89)75(98)70-42-60(86)43-71(102-70)78(101)73(96)51(7)25-27-62(88)69-44-68(94)77(100)79(103-69)76(99)65(91)34-46(2)24-26-55(81)41-67(93)72(95)52(8)36-58(84)32-49(5)31-56(82)29-47(3)28-48(4)30-57(83)33-50(6)35-64(90)53-37-54(74(97)66(92)39-53)38-59(85)40-61(87)45-80/h9-11,14-19,22-23,28,34,47,49-50,52-101H,1,7,12-13,20-21,24-27,29-33,35-45H2,2-6,8H3. The minimum Gasteiger partial charge on any atom is -0.394 e. The molecule has 22 N–H and O–H groups in total. The fourth-order valence-corrected chi connectivity index (χ4v) is 14.8. The van der Waals surface area contributed by atoms with Crippen molar-refractivity contribution in [3.63, 3.8) is 0 Å². The predicted octanol–water partition coefficient (Wildman–Crippen LogP) is 3.27. The maximum Gasteiger partial charge on any atom is 0.115 e. The molecule has 3 aliphatic rings. The quantitative estimate of drug-likeness (QED) is 0.0236. The number of hydrogen-bond acceptors (Lipinski definition) is 24. The van der Waals surface area contributed by atoms with Crippen LogP contribution in [0.15, 0.2) is 109 Å². The Morgan fingerprint density at radius 1 is 0.485 bits per heavy atom. The largest absolute Gasteiger partial charge is 0.394 e. The number of rotatable bonds is 50. The van der Waals surface area contributed by atoms with Crippen molar-refractivity contribution in [1.29, 1.82) is 0 Å². The molecule has 0 aromatic heterocycles. The third kappa shape index (κ3) is 35.7. The van der Waals surface area contributed by atoms with Crippen LogP contribution in [0.3, 0.4) is 0 Å². The summed E-state index contributed by atoms with van der Waals surface area (Å²) in [5.74, 6) is -1.64. The maximum absolute atomic E-state index is 11.2. The van der Waals surface area contributed by atoms with Crippen molar-refractivity contribution in [2.45, 2.75) is 342 Å². The zero-order valence-corrected chi connectivity index (χ0v) is 61.9. The molecule has 31 unspecified atom stereocenters. The van der Waals surface area contributed by atoms with Crippen molar-refractivity contribution in [2.75, 3.05) is 6.61 Å². The number of allylic oxidation sites excluding steroid dienone is 12. The van der Waals surface area contributed by atoms with Gasteiger partial charge in [-0.3, -0.25) is 0 Å². The zero-order chi connectivity index (χ0) is 77.2. The van der Waals surface area contributed by atoms with E-state index in [2.05, 4.69) is 19.2 Å². The Morgan fingerprint density at radius 2 is 1.06 bits per heavy atom. The van der Waals surface area contributed by atoms with Crippen LogP contribution in [-0.2, 0) is 9.47 Å².